The summed E-state index contributed by atoms with van der Waals surface area (Å²) in [6, 6.07) is 0. The minimum atomic E-state index is -1.55. The van der Waals surface area contributed by atoms with Crippen molar-refractivity contribution in [1.82, 2.24) is 0 Å². The number of carbonyl (C=O) groups excluding carboxylic acids is 1. The second-order valence-corrected chi connectivity index (χ2v) is 4.16. The van der Waals surface area contributed by atoms with Gasteiger partial charge in [-0.25, -0.2) is 4.39 Å². The Balaban J connectivity index is 3.63. The van der Waals surface area contributed by atoms with E-state index in [-0.39, 0.29) is 6.61 Å². The molecule has 0 aromatic heterocycles. The summed E-state index contributed by atoms with van der Waals surface area (Å²) >= 11 is 2.87. The Morgan fingerprint density at radius 1 is 1.67 bits per heavy atom. The molecule has 0 aliphatic carbocycles. The molecule has 1 unspecified atom stereocenters. The first-order valence-electron chi connectivity index (χ1n) is 3.99. The van der Waals surface area contributed by atoms with Crippen molar-refractivity contribution in [2.45, 2.75) is 37.7 Å². The predicted molar refractivity (Wildman–Crippen MR) is 48.9 cm³/mol. The van der Waals surface area contributed by atoms with E-state index in [1.165, 1.54) is 6.92 Å². The summed E-state index contributed by atoms with van der Waals surface area (Å²) in [6.45, 7) is 3.04. The molecule has 0 bridgehead atoms. The van der Waals surface area contributed by atoms with Gasteiger partial charge in [0.1, 0.15) is 6.61 Å². The summed E-state index contributed by atoms with van der Waals surface area (Å²) in [5, 5.41) is 0. The van der Waals surface area contributed by atoms with E-state index in [2.05, 4.69) is 20.7 Å². The molecule has 2 nitrogen and oxygen atoms in total. The van der Waals surface area contributed by atoms with Gasteiger partial charge in [-0.2, -0.15) is 0 Å². The molecule has 0 amide bonds. The Hall–Kier alpha value is -0.120. The van der Waals surface area contributed by atoms with Gasteiger partial charge < -0.3 is 4.74 Å². The number of rotatable bonds is 5. The van der Waals surface area contributed by atoms with Crippen LogP contribution in [0.15, 0.2) is 0 Å². The minimum absolute atomic E-state index is 0.206. The lowest BCUT2D eigenvalue weighted by Crippen LogP contribution is -2.22. The van der Waals surface area contributed by atoms with Gasteiger partial charge in [0.05, 0.1) is 0 Å². The minimum Gasteiger partial charge on any atom is -0.462 e. The number of alkyl halides is 2. The van der Waals surface area contributed by atoms with Gasteiger partial charge in [0, 0.05) is 6.92 Å². The molecule has 0 N–H and O–H groups in total. The average molecular weight is 241 g/mol. The van der Waals surface area contributed by atoms with E-state index >= 15 is 0 Å². The number of unbranched alkanes of at least 4 members (excludes halogenated alkanes) is 1. The summed E-state index contributed by atoms with van der Waals surface area (Å²) in [5.41, 5.74) is 0. The van der Waals surface area contributed by atoms with Crippen LogP contribution in [0.2, 0.25) is 0 Å². The summed E-state index contributed by atoms with van der Waals surface area (Å²) in [4.78, 5) is 10.4. The maximum Gasteiger partial charge on any atom is 0.302 e. The monoisotopic (exact) mass is 240 g/mol. The van der Waals surface area contributed by atoms with Gasteiger partial charge in [0.25, 0.3) is 0 Å². The molecule has 0 saturated carbocycles. The maximum absolute atomic E-state index is 13.3. The van der Waals surface area contributed by atoms with Gasteiger partial charge in [-0.05, 0) is 28.8 Å². The second kappa shape index (κ2) is 5.51. The molecular formula is C8H14BrFO2. The highest BCUT2D eigenvalue weighted by Gasteiger charge is 2.26. The third kappa shape index (κ3) is 6.58. The molecule has 0 aliphatic rings. The fourth-order valence-corrected chi connectivity index (χ4v) is 1.11. The molecule has 12 heavy (non-hydrogen) atoms. The number of ether oxygens (including phenoxy) is 1. The van der Waals surface area contributed by atoms with Gasteiger partial charge in [0.15, 0.2) is 4.58 Å². The van der Waals surface area contributed by atoms with E-state index < -0.39 is 10.5 Å². The summed E-state index contributed by atoms with van der Waals surface area (Å²) in [7, 11) is 0. The van der Waals surface area contributed by atoms with Crippen molar-refractivity contribution >= 4 is 21.9 Å². The Bertz CT molecular complexity index is 148. The zero-order valence-electron chi connectivity index (χ0n) is 7.40. The number of halogens is 2. The summed E-state index contributed by atoms with van der Waals surface area (Å²) in [5.74, 6) is -0.451. The largest absolute Gasteiger partial charge is 0.462 e. The van der Waals surface area contributed by atoms with E-state index in [0.717, 1.165) is 12.8 Å². The molecule has 4 heteroatoms. The standard InChI is InChI=1S/C8H14BrFO2/c1-3-4-5-8(9,10)6-12-7(2)11/h3-6H2,1-2H3. The lowest BCUT2D eigenvalue weighted by molar-refractivity contribution is -0.143. The number of hydrogen-bond acceptors (Lipinski definition) is 2. The van der Waals surface area contributed by atoms with Crippen LogP contribution in [0.3, 0.4) is 0 Å². The summed E-state index contributed by atoms with van der Waals surface area (Å²) in [6.07, 6.45) is 2.08. The van der Waals surface area contributed by atoms with Crippen molar-refractivity contribution in [3.63, 3.8) is 0 Å². The lowest BCUT2D eigenvalue weighted by atomic mass is 10.2. The first-order valence-corrected chi connectivity index (χ1v) is 4.78. The van der Waals surface area contributed by atoms with Gasteiger partial charge >= 0.3 is 5.97 Å². The van der Waals surface area contributed by atoms with Crippen molar-refractivity contribution in [1.29, 1.82) is 0 Å². The highest BCUT2D eigenvalue weighted by molar-refractivity contribution is 9.10. The zero-order valence-corrected chi connectivity index (χ0v) is 8.99. The fourth-order valence-electron chi connectivity index (χ4n) is 0.715. The van der Waals surface area contributed by atoms with Crippen LogP contribution < -0.4 is 0 Å². The van der Waals surface area contributed by atoms with Crippen LogP contribution >= 0.6 is 15.9 Å². The molecule has 0 fully saturated rings. The third-order valence-corrected chi connectivity index (χ3v) is 2.01. The Morgan fingerprint density at radius 2 is 2.25 bits per heavy atom. The van der Waals surface area contributed by atoms with Crippen molar-refractivity contribution in [3.8, 4) is 0 Å². The normalized spacial score (nSPS) is 15.3. The molecule has 0 heterocycles. The van der Waals surface area contributed by atoms with Crippen LogP contribution in [0.4, 0.5) is 4.39 Å². The van der Waals surface area contributed by atoms with Crippen LogP contribution in [0.1, 0.15) is 33.1 Å². The highest BCUT2D eigenvalue weighted by Crippen LogP contribution is 2.26. The van der Waals surface area contributed by atoms with Crippen LogP contribution in [-0.2, 0) is 9.53 Å². The van der Waals surface area contributed by atoms with Crippen LogP contribution in [0, 0.1) is 0 Å². The molecule has 0 spiro atoms. The quantitative estimate of drug-likeness (QED) is 0.546. The molecule has 0 rings (SSSR count). The topological polar surface area (TPSA) is 26.3 Å². The van der Waals surface area contributed by atoms with Crippen LogP contribution in [-0.4, -0.2) is 17.2 Å². The Labute approximate surface area is 80.6 Å². The lowest BCUT2D eigenvalue weighted by Gasteiger charge is -2.16. The first-order chi connectivity index (χ1) is 5.48. The van der Waals surface area contributed by atoms with E-state index in [1.807, 2.05) is 6.92 Å². The Kier molecular flexibility index (Phi) is 5.46. The Morgan fingerprint density at radius 3 is 2.67 bits per heavy atom. The van der Waals surface area contributed by atoms with E-state index in [4.69, 9.17) is 0 Å². The van der Waals surface area contributed by atoms with Crippen molar-refractivity contribution in [2.24, 2.45) is 0 Å². The fraction of sp³-hybridized carbons (Fsp3) is 0.875. The van der Waals surface area contributed by atoms with E-state index in [1.54, 1.807) is 0 Å². The smallest absolute Gasteiger partial charge is 0.302 e. The number of esters is 1. The highest BCUT2D eigenvalue weighted by atomic mass is 79.9. The van der Waals surface area contributed by atoms with E-state index in [0.29, 0.717) is 6.42 Å². The molecule has 0 aromatic rings. The molecule has 0 saturated heterocycles. The molecule has 72 valence electrons. The third-order valence-electron chi connectivity index (χ3n) is 1.38. The maximum atomic E-state index is 13.3. The van der Waals surface area contributed by atoms with Gasteiger partial charge in [-0.1, -0.05) is 13.3 Å². The SMILES string of the molecule is CCCCC(F)(Br)COC(C)=O. The molecular weight excluding hydrogens is 227 g/mol. The zero-order chi connectivity index (χ0) is 9.61. The second-order valence-electron chi connectivity index (χ2n) is 2.74. The average Bonchev–Trinajstić information content (AvgIpc) is 1.98. The summed E-state index contributed by atoms with van der Waals surface area (Å²) < 4.78 is 16.3. The number of carbonyl (C=O) groups is 1. The van der Waals surface area contributed by atoms with Gasteiger partial charge in [0.2, 0.25) is 0 Å². The van der Waals surface area contributed by atoms with Gasteiger partial charge in [-0.15, -0.1) is 0 Å². The van der Waals surface area contributed by atoms with Gasteiger partial charge in [-0.3, -0.25) is 4.79 Å². The van der Waals surface area contributed by atoms with Crippen molar-refractivity contribution in [2.75, 3.05) is 6.61 Å². The molecule has 0 aliphatic heterocycles. The van der Waals surface area contributed by atoms with Crippen LogP contribution in [0.5, 0.6) is 0 Å². The van der Waals surface area contributed by atoms with Crippen LogP contribution in [0.25, 0.3) is 0 Å². The molecule has 0 radical (unpaired) electrons. The predicted octanol–water partition coefficient (Wildman–Crippen LogP) is 2.80. The first kappa shape index (κ1) is 11.9. The molecule has 1 atom stereocenters. The van der Waals surface area contributed by atoms with E-state index in [9.17, 15) is 9.18 Å². The molecule has 0 aromatic carbocycles. The van der Waals surface area contributed by atoms with Crippen molar-refractivity contribution in [3.05, 3.63) is 0 Å². The van der Waals surface area contributed by atoms with Crippen molar-refractivity contribution < 1.29 is 13.9 Å². The number of hydrogen-bond donors (Lipinski definition) is 0.